The lowest BCUT2D eigenvalue weighted by molar-refractivity contribution is 0.103. The normalized spacial score (nSPS) is 10.9. The van der Waals surface area contributed by atoms with Crippen LogP contribution >= 0.6 is 34.5 Å². The minimum Gasteiger partial charge on any atom is -0.503 e. The van der Waals surface area contributed by atoms with Crippen LogP contribution in [-0.4, -0.2) is 25.5 Å². The van der Waals surface area contributed by atoms with E-state index in [4.69, 9.17) is 23.2 Å². The number of rotatable bonds is 4. The van der Waals surface area contributed by atoms with Gasteiger partial charge in [-0.2, -0.15) is 0 Å². The Morgan fingerprint density at radius 3 is 2.43 bits per heavy atom. The zero-order valence-electron chi connectivity index (χ0n) is 14.1. The van der Waals surface area contributed by atoms with Crippen LogP contribution in [-0.2, 0) is 0 Å². The van der Waals surface area contributed by atoms with E-state index in [2.05, 4.69) is 4.98 Å². The predicted octanol–water partition coefficient (Wildman–Crippen LogP) is 5.55. The van der Waals surface area contributed by atoms with Crippen molar-refractivity contribution in [2.24, 2.45) is 0 Å². The zero-order chi connectivity index (χ0) is 19.8. The Morgan fingerprint density at radius 2 is 1.79 bits per heavy atom. The molecule has 0 saturated heterocycles. The third-order valence-electron chi connectivity index (χ3n) is 4.16. The molecule has 2 N–H and O–H groups in total. The fourth-order valence-corrected chi connectivity index (χ4v) is 3.89. The standard InChI is InChI=1S/C20H12Cl2N2O3S/c21-13-6-4-11(5-7-13)17(25)15-16(12-2-1-3-14(22)10-12)24(19(27)18(15)26)20-23-8-9-28-20/h1-10,26-27H. The number of aromatic nitrogens is 2. The summed E-state index contributed by atoms with van der Waals surface area (Å²) >= 11 is 13.3. The topological polar surface area (TPSA) is 75.3 Å². The molecule has 0 aliphatic rings. The molecule has 0 atom stereocenters. The first kappa shape index (κ1) is 18.6. The largest absolute Gasteiger partial charge is 0.503 e. The van der Waals surface area contributed by atoms with Crippen molar-refractivity contribution >= 4 is 40.3 Å². The van der Waals surface area contributed by atoms with Crippen LogP contribution < -0.4 is 0 Å². The zero-order valence-corrected chi connectivity index (χ0v) is 16.5. The fraction of sp³-hybridized carbons (Fsp3) is 0. The van der Waals surface area contributed by atoms with Crippen molar-refractivity contribution in [3.8, 4) is 28.0 Å². The molecule has 2 aromatic carbocycles. The molecule has 8 heteroatoms. The van der Waals surface area contributed by atoms with E-state index in [-0.39, 0.29) is 5.56 Å². The highest BCUT2D eigenvalue weighted by Gasteiger charge is 2.30. The molecular weight excluding hydrogens is 419 g/mol. The SMILES string of the molecule is O=C(c1ccc(Cl)cc1)c1c(O)c(O)n(-c2nccs2)c1-c1cccc(Cl)c1. The van der Waals surface area contributed by atoms with Gasteiger partial charge in [-0.05, 0) is 36.4 Å². The summed E-state index contributed by atoms with van der Waals surface area (Å²) in [6, 6.07) is 13.1. The predicted molar refractivity (Wildman–Crippen MR) is 110 cm³/mol. The number of hydrogen-bond donors (Lipinski definition) is 2. The van der Waals surface area contributed by atoms with Crippen LogP contribution in [0.15, 0.2) is 60.1 Å². The second kappa shape index (κ2) is 7.31. The van der Waals surface area contributed by atoms with Crippen molar-refractivity contribution in [1.29, 1.82) is 0 Å². The Labute approximate surface area is 174 Å². The Kier molecular flexibility index (Phi) is 4.85. The van der Waals surface area contributed by atoms with Crippen LogP contribution in [0.3, 0.4) is 0 Å². The lowest BCUT2D eigenvalue weighted by atomic mass is 9.99. The van der Waals surface area contributed by atoms with Crippen molar-refractivity contribution in [2.75, 3.05) is 0 Å². The van der Waals surface area contributed by atoms with Crippen molar-refractivity contribution in [3.05, 3.63) is 81.3 Å². The lowest BCUT2D eigenvalue weighted by Crippen LogP contribution is -2.04. The first-order valence-electron chi connectivity index (χ1n) is 8.10. The van der Waals surface area contributed by atoms with E-state index in [9.17, 15) is 15.0 Å². The van der Waals surface area contributed by atoms with Crippen LogP contribution in [0.1, 0.15) is 15.9 Å². The van der Waals surface area contributed by atoms with Gasteiger partial charge in [-0.15, -0.1) is 11.3 Å². The summed E-state index contributed by atoms with van der Waals surface area (Å²) in [4.78, 5) is 17.4. The number of nitrogens with zero attached hydrogens (tertiary/aromatic N) is 2. The molecule has 5 nitrogen and oxygen atoms in total. The molecule has 2 aromatic heterocycles. The molecule has 0 spiro atoms. The first-order valence-corrected chi connectivity index (χ1v) is 9.73. The summed E-state index contributed by atoms with van der Waals surface area (Å²) in [5.74, 6) is -1.46. The summed E-state index contributed by atoms with van der Waals surface area (Å²) in [6.45, 7) is 0. The van der Waals surface area contributed by atoms with Crippen LogP contribution in [0.5, 0.6) is 11.6 Å². The third kappa shape index (κ3) is 3.16. The molecule has 0 radical (unpaired) electrons. The van der Waals surface area contributed by atoms with Gasteiger partial charge in [-0.25, -0.2) is 4.98 Å². The molecule has 0 saturated carbocycles. The van der Waals surface area contributed by atoms with Crippen molar-refractivity contribution in [2.45, 2.75) is 0 Å². The summed E-state index contributed by atoms with van der Waals surface area (Å²) < 4.78 is 1.34. The van der Waals surface area contributed by atoms with Gasteiger partial charge < -0.3 is 10.2 Å². The van der Waals surface area contributed by atoms with E-state index in [1.165, 1.54) is 15.9 Å². The average Bonchev–Trinajstić information content (AvgIpc) is 3.29. The number of carbonyl (C=O) groups is 1. The Hall–Kier alpha value is -2.80. The van der Waals surface area contributed by atoms with Gasteiger partial charge in [0.25, 0.3) is 0 Å². The number of aromatic hydroxyl groups is 2. The number of benzene rings is 2. The third-order valence-corrected chi connectivity index (χ3v) is 5.41. The molecule has 0 amide bonds. The molecule has 0 aliphatic carbocycles. The van der Waals surface area contributed by atoms with Crippen LogP contribution in [0.2, 0.25) is 10.0 Å². The molecule has 2 heterocycles. The van der Waals surface area contributed by atoms with Gasteiger partial charge in [0.2, 0.25) is 5.88 Å². The van der Waals surface area contributed by atoms with Gasteiger partial charge >= 0.3 is 0 Å². The molecule has 4 aromatic rings. The van der Waals surface area contributed by atoms with Gasteiger partial charge in [-0.1, -0.05) is 35.3 Å². The Bertz CT molecular complexity index is 1170. The first-order chi connectivity index (χ1) is 13.5. The molecular formula is C20H12Cl2N2O3S. The number of carbonyl (C=O) groups excluding carboxylic acids is 1. The smallest absolute Gasteiger partial charge is 0.242 e. The number of hydrogen-bond acceptors (Lipinski definition) is 5. The monoisotopic (exact) mass is 430 g/mol. The van der Waals surface area contributed by atoms with E-state index in [1.807, 2.05) is 0 Å². The number of ketones is 1. The van der Waals surface area contributed by atoms with Gasteiger partial charge in [0.15, 0.2) is 16.7 Å². The van der Waals surface area contributed by atoms with Crippen LogP contribution in [0.25, 0.3) is 16.4 Å². The van der Waals surface area contributed by atoms with Gasteiger partial charge in [-0.3, -0.25) is 9.36 Å². The number of thiazole rings is 1. The molecule has 0 unspecified atom stereocenters. The van der Waals surface area contributed by atoms with E-state index < -0.39 is 17.4 Å². The van der Waals surface area contributed by atoms with E-state index in [0.717, 1.165) is 0 Å². The van der Waals surface area contributed by atoms with Gasteiger partial charge in [0.05, 0.1) is 11.3 Å². The molecule has 28 heavy (non-hydrogen) atoms. The van der Waals surface area contributed by atoms with E-state index in [1.54, 1.807) is 60.1 Å². The van der Waals surface area contributed by atoms with Crippen LogP contribution in [0, 0.1) is 0 Å². The summed E-state index contributed by atoms with van der Waals surface area (Å²) in [7, 11) is 0. The van der Waals surface area contributed by atoms with Gasteiger partial charge in [0.1, 0.15) is 0 Å². The maximum absolute atomic E-state index is 13.2. The Morgan fingerprint density at radius 1 is 1.04 bits per heavy atom. The minimum absolute atomic E-state index is 0.0442. The van der Waals surface area contributed by atoms with E-state index >= 15 is 0 Å². The molecule has 4 rings (SSSR count). The highest BCUT2D eigenvalue weighted by Crippen LogP contribution is 2.44. The highest BCUT2D eigenvalue weighted by atomic mass is 35.5. The summed E-state index contributed by atoms with van der Waals surface area (Å²) in [5.41, 5.74) is 1.12. The highest BCUT2D eigenvalue weighted by molar-refractivity contribution is 7.12. The second-order valence-electron chi connectivity index (χ2n) is 5.89. The van der Waals surface area contributed by atoms with Crippen LogP contribution in [0.4, 0.5) is 0 Å². The molecule has 140 valence electrons. The second-order valence-corrected chi connectivity index (χ2v) is 7.64. The van der Waals surface area contributed by atoms with Crippen molar-refractivity contribution in [1.82, 2.24) is 9.55 Å². The fourth-order valence-electron chi connectivity index (χ4n) is 2.93. The molecule has 0 aliphatic heterocycles. The minimum atomic E-state index is -0.523. The Balaban J connectivity index is 2.02. The van der Waals surface area contributed by atoms with Crippen molar-refractivity contribution < 1.29 is 15.0 Å². The maximum Gasteiger partial charge on any atom is 0.242 e. The average molecular weight is 431 g/mol. The molecule has 0 bridgehead atoms. The molecule has 0 fully saturated rings. The quantitative estimate of drug-likeness (QED) is 0.416. The van der Waals surface area contributed by atoms with Crippen molar-refractivity contribution in [3.63, 3.8) is 0 Å². The maximum atomic E-state index is 13.2. The lowest BCUT2D eigenvalue weighted by Gasteiger charge is -2.10. The van der Waals surface area contributed by atoms with Gasteiger partial charge in [0, 0.05) is 32.7 Å². The summed E-state index contributed by atoms with van der Waals surface area (Å²) in [5, 5.41) is 24.3. The van der Waals surface area contributed by atoms with E-state index in [0.29, 0.717) is 32.0 Å². The number of halogens is 2. The summed E-state index contributed by atoms with van der Waals surface area (Å²) in [6.07, 6.45) is 1.57.